The molecule has 144 valence electrons. The molecule has 7 nitrogen and oxygen atoms in total. The third-order valence-electron chi connectivity index (χ3n) is 4.48. The maximum atomic E-state index is 13.2. The number of nitrogens with one attached hydrogen (secondary N) is 1. The van der Waals surface area contributed by atoms with Crippen molar-refractivity contribution in [2.75, 3.05) is 32.8 Å². The fourth-order valence-corrected chi connectivity index (χ4v) is 3.26. The fourth-order valence-electron chi connectivity index (χ4n) is 3.26. The molecule has 2 heterocycles. The molecule has 0 spiro atoms. The first-order chi connectivity index (χ1) is 11.4. The predicted molar refractivity (Wildman–Crippen MR) is 95.1 cm³/mol. The lowest BCUT2D eigenvalue weighted by Gasteiger charge is -2.42. The fraction of sp³-hybridized carbons (Fsp3) is 0.889. The minimum Gasteiger partial charge on any atom is -0.444 e. The molecule has 2 atom stereocenters. The molecule has 2 saturated heterocycles. The third kappa shape index (κ3) is 4.26. The van der Waals surface area contributed by atoms with Crippen molar-refractivity contribution in [1.29, 1.82) is 0 Å². The lowest BCUT2D eigenvalue weighted by Crippen LogP contribution is -2.63. The number of piperazine rings is 1. The summed E-state index contributed by atoms with van der Waals surface area (Å²) in [6, 6.07) is 0. The summed E-state index contributed by atoms with van der Waals surface area (Å²) >= 11 is 0. The second-order valence-electron chi connectivity index (χ2n) is 9.20. The molecule has 0 unspecified atom stereocenters. The Balaban J connectivity index is 2.33. The van der Waals surface area contributed by atoms with E-state index in [1.807, 2.05) is 46.4 Å². The van der Waals surface area contributed by atoms with Gasteiger partial charge in [0.15, 0.2) is 0 Å². The number of amides is 2. The summed E-state index contributed by atoms with van der Waals surface area (Å²) in [5.41, 5.74) is -2.03. The highest BCUT2D eigenvalue weighted by Crippen LogP contribution is 2.39. The Morgan fingerprint density at radius 2 is 1.68 bits per heavy atom. The molecular formula is C18H33N3O4. The number of ether oxygens (including phenoxy) is 2. The monoisotopic (exact) mass is 355 g/mol. The van der Waals surface area contributed by atoms with Crippen LogP contribution in [-0.2, 0) is 14.3 Å². The lowest BCUT2D eigenvalue weighted by molar-refractivity contribution is -0.143. The van der Waals surface area contributed by atoms with Gasteiger partial charge in [-0.3, -0.25) is 9.69 Å². The van der Waals surface area contributed by atoms with Crippen molar-refractivity contribution in [3.63, 3.8) is 0 Å². The summed E-state index contributed by atoms with van der Waals surface area (Å²) in [4.78, 5) is 29.5. The van der Waals surface area contributed by atoms with Crippen LogP contribution >= 0.6 is 0 Å². The molecule has 0 saturated carbocycles. The number of nitrogens with zero attached hydrogens (tertiary/aromatic N) is 2. The molecule has 0 aliphatic carbocycles. The zero-order valence-corrected chi connectivity index (χ0v) is 16.6. The zero-order chi connectivity index (χ0) is 19.0. The van der Waals surface area contributed by atoms with E-state index in [9.17, 15) is 9.59 Å². The van der Waals surface area contributed by atoms with Crippen LogP contribution in [0.2, 0.25) is 0 Å². The second-order valence-corrected chi connectivity index (χ2v) is 9.20. The topological polar surface area (TPSA) is 71.1 Å². The van der Waals surface area contributed by atoms with Crippen LogP contribution in [-0.4, -0.2) is 72.0 Å². The SMILES string of the molecule is CC(C)(C)OC(=O)N1[C@@H](C(C)(C)C)OC[C@@]1(C)C(=O)N1CCNCC1. The van der Waals surface area contributed by atoms with Crippen molar-refractivity contribution in [3.05, 3.63) is 0 Å². The standard InChI is InChI=1S/C18H33N3O4/c1-16(2,3)14-21(15(23)25-17(4,5)6)18(7,12-24-14)13(22)20-10-8-19-9-11-20/h14,19H,8-12H2,1-7H3/t14-,18+/m1/s1. The van der Waals surface area contributed by atoms with Gasteiger partial charge >= 0.3 is 6.09 Å². The van der Waals surface area contributed by atoms with E-state index >= 15 is 0 Å². The first kappa shape index (κ1) is 20.0. The molecule has 0 bridgehead atoms. The Labute approximate surface area is 151 Å². The average molecular weight is 355 g/mol. The summed E-state index contributed by atoms with van der Waals surface area (Å²) < 4.78 is 11.6. The van der Waals surface area contributed by atoms with Gasteiger partial charge in [-0.05, 0) is 27.7 Å². The van der Waals surface area contributed by atoms with Gasteiger partial charge in [0.25, 0.3) is 5.91 Å². The van der Waals surface area contributed by atoms with Crippen molar-refractivity contribution in [2.45, 2.75) is 65.8 Å². The highest BCUT2D eigenvalue weighted by molar-refractivity contribution is 5.90. The van der Waals surface area contributed by atoms with Gasteiger partial charge in [0.1, 0.15) is 17.4 Å². The van der Waals surface area contributed by atoms with E-state index in [0.29, 0.717) is 13.1 Å². The number of rotatable bonds is 1. The molecule has 2 amide bonds. The Morgan fingerprint density at radius 1 is 1.12 bits per heavy atom. The van der Waals surface area contributed by atoms with Crippen LogP contribution in [0, 0.1) is 5.41 Å². The summed E-state index contributed by atoms with van der Waals surface area (Å²) in [6.45, 7) is 16.2. The minimum atomic E-state index is -1.06. The largest absolute Gasteiger partial charge is 0.444 e. The van der Waals surface area contributed by atoms with Crippen LogP contribution in [0.4, 0.5) is 4.79 Å². The molecular weight excluding hydrogens is 322 g/mol. The van der Waals surface area contributed by atoms with Gasteiger partial charge in [0, 0.05) is 31.6 Å². The number of hydrogen-bond donors (Lipinski definition) is 1. The van der Waals surface area contributed by atoms with Crippen molar-refractivity contribution >= 4 is 12.0 Å². The lowest BCUT2D eigenvalue weighted by atomic mass is 9.91. The van der Waals surface area contributed by atoms with Gasteiger partial charge in [-0.1, -0.05) is 20.8 Å². The highest BCUT2D eigenvalue weighted by atomic mass is 16.6. The number of carbonyl (C=O) groups is 2. The molecule has 0 aromatic rings. The molecule has 25 heavy (non-hydrogen) atoms. The highest BCUT2D eigenvalue weighted by Gasteiger charge is 2.57. The molecule has 2 rings (SSSR count). The summed E-state index contributed by atoms with van der Waals surface area (Å²) in [7, 11) is 0. The minimum absolute atomic E-state index is 0.0772. The van der Waals surface area contributed by atoms with Crippen LogP contribution in [0.15, 0.2) is 0 Å². The van der Waals surface area contributed by atoms with Crippen LogP contribution in [0.25, 0.3) is 0 Å². The molecule has 0 aromatic heterocycles. The predicted octanol–water partition coefficient (Wildman–Crippen LogP) is 1.82. The third-order valence-corrected chi connectivity index (χ3v) is 4.48. The van der Waals surface area contributed by atoms with Crippen molar-refractivity contribution in [2.24, 2.45) is 5.41 Å². The van der Waals surface area contributed by atoms with E-state index in [-0.39, 0.29) is 17.9 Å². The molecule has 2 fully saturated rings. The van der Waals surface area contributed by atoms with E-state index < -0.39 is 23.5 Å². The Kier molecular flexibility index (Phi) is 5.40. The summed E-state index contributed by atoms with van der Waals surface area (Å²) in [6.07, 6.45) is -1.02. The Hall–Kier alpha value is -1.34. The smallest absolute Gasteiger partial charge is 0.413 e. The zero-order valence-electron chi connectivity index (χ0n) is 16.6. The van der Waals surface area contributed by atoms with Crippen molar-refractivity contribution in [1.82, 2.24) is 15.1 Å². The van der Waals surface area contributed by atoms with E-state index in [2.05, 4.69) is 5.32 Å². The summed E-state index contributed by atoms with van der Waals surface area (Å²) in [5, 5.41) is 3.24. The van der Waals surface area contributed by atoms with Crippen molar-refractivity contribution in [3.8, 4) is 0 Å². The van der Waals surface area contributed by atoms with Crippen LogP contribution < -0.4 is 5.32 Å². The van der Waals surface area contributed by atoms with Gasteiger partial charge in [0.2, 0.25) is 0 Å². The van der Waals surface area contributed by atoms with Gasteiger partial charge in [-0.15, -0.1) is 0 Å². The van der Waals surface area contributed by atoms with E-state index in [4.69, 9.17) is 9.47 Å². The van der Waals surface area contributed by atoms with Gasteiger partial charge in [-0.2, -0.15) is 0 Å². The number of hydrogen-bond acceptors (Lipinski definition) is 5. The van der Waals surface area contributed by atoms with Crippen LogP contribution in [0.3, 0.4) is 0 Å². The quantitative estimate of drug-likeness (QED) is 0.777. The Morgan fingerprint density at radius 3 is 2.16 bits per heavy atom. The average Bonchev–Trinajstić information content (AvgIpc) is 2.85. The summed E-state index contributed by atoms with van der Waals surface area (Å²) in [5.74, 6) is -0.0772. The molecule has 7 heteroatoms. The van der Waals surface area contributed by atoms with Gasteiger partial charge in [-0.25, -0.2) is 4.79 Å². The Bertz CT molecular complexity index is 517. The second kappa shape index (κ2) is 6.76. The normalized spacial score (nSPS) is 28.2. The first-order valence-corrected chi connectivity index (χ1v) is 9.00. The van der Waals surface area contributed by atoms with Crippen LogP contribution in [0.5, 0.6) is 0 Å². The molecule has 0 aromatic carbocycles. The first-order valence-electron chi connectivity index (χ1n) is 9.00. The molecule has 1 N–H and O–H groups in total. The maximum absolute atomic E-state index is 13.2. The van der Waals surface area contributed by atoms with Gasteiger partial charge < -0.3 is 19.7 Å². The molecule has 2 aliphatic rings. The molecule has 2 aliphatic heterocycles. The van der Waals surface area contributed by atoms with Crippen LogP contribution in [0.1, 0.15) is 48.5 Å². The van der Waals surface area contributed by atoms with E-state index in [0.717, 1.165) is 13.1 Å². The molecule has 0 radical (unpaired) electrons. The van der Waals surface area contributed by atoms with E-state index in [1.54, 1.807) is 6.92 Å². The van der Waals surface area contributed by atoms with Gasteiger partial charge in [0.05, 0.1) is 6.61 Å². The van der Waals surface area contributed by atoms with E-state index in [1.165, 1.54) is 4.90 Å². The van der Waals surface area contributed by atoms with Crippen molar-refractivity contribution < 1.29 is 19.1 Å². The number of carbonyl (C=O) groups excluding carboxylic acids is 2. The maximum Gasteiger partial charge on any atom is 0.413 e.